The molecular weight excluding hydrogens is 671 g/mol. The number of rotatable bonds is 3. The van der Waals surface area contributed by atoms with Gasteiger partial charge in [-0.15, -0.1) is 0 Å². The van der Waals surface area contributed by atoms with Crippen molar-refractivity contribution in [2.24, 2.45) is 0 Å². The van der Waals surface area contributed by atoms with E-state index in [9.17, 15) is 44.3 Å². The Hall–Kier alpha value is -4.57. The maximum Gasteiger partial charge on any atom is 0.490 e. The number of amides is 1. The molecule has 2 aromatic rings. The highest BCUT2D eigenvalue weighted by molar-refractivity contribution is 5.94. The molecule has 0 bridgehead atoms. The summed E-state index contributed by atoms with van der Waals surface area (Å²) in [6.07, 6.45) is -11.8. The van der Waals surface area contributed by atoms with Crippen molar-refractivity contribution in [1.82, 2.24) is 14.9 Å². The number of aliphatic carboxylic acids is 3. The van der Waals surface area contributed by atoms with Gasteiger partial charge in [0.15, 0.2) is 0 Å². The molecule has 1 atom stereocenters. The number of carbonyl (C=O) groups excluding carboxylic acids is 1. The van der Waals surface area contributed by atoms with Crippen molar-refractivity contribution in [3.05, 3.63) is 54.5 Å². The predicted molar refractivity (Wildman–Crippen MR) is 137 cm³/mol. The summed E-state index contributed by atoms with van der Waals surface area (Å²) >= 11 is 0. The van der Waals surface area contributed by atoms with E-state index in [2.05, 4.69) is 14.9 Å². The van der Waals surface area contributed by atoms with Crippen LogP contribution >= 0.6 is 0 Å². The number of ether oxygens (including phenoxy) is 2. The van der Waals surface area contributed by atoms with Crippen molar-refractivity contribution in [2.45, 2.75) is 30.7 Å². The van der Waals surface area contributed by atoms with E-state index in [0.717, 1.165) is 18.8 Å². The lowest BCUT2D eigenvalue weighted by Crippen LogP contribution is -2.60. The number of aromatic nitrogens is 2. The standard InChI is InChI=1S/C19H22N4O3.3C2HF3O2/c24-18-12-26-19(14-23(18)17-6-2-4-8-21-17)13-22(9-10-25-15-19)11-16-5-1-3-7-20-16;3*3-2(4,5)1(6)7/h1-8H,9-15H2;3*(H,6,7). The molecule has 0 aliphatic carbocycles. The quantitative estimate of drug-likeness (QED) is 0.400. The van der Waals surface area contributed by atoms with Gasteiger partial charge in [0.25, 0.3) is 5.91 Å². The molecule has 1 spiro atoms. The highest BCUT2D eigenvalue weighted by Crippen LogP contribution is 2.26. The van der Waals surface area contributed by atoms with Crippen molar-refractivity contribution >= 4 is 29.6 Å². The molecule has 1 amide bonds. The summed E-state index contributed by atoms with van der Waals surface area (Å²) in [6.45, 7) is 3.78. The number of hydrogen-bond acceptors (Lipinski definition) is 9. The Morgan fingerprint density at radius 1 is 0.787 bits per heavy atom. The van der Waals surface area contributed by atoms with Crippen LogP contribution in [0, 0.1) is 0 Å². The molecule has 2 saturated heterocycles. The Labute approximate surface area is 258 Å². The molecule has 2 aliphatic heterocycles. The van der Waals surface area contributed by atoms with Gasteiger partial charge in [-0.25, -0.2) is 19.4 Å². The number of carboxylic acids is 3. The fraction of sp³-hybridized carbons (Fsp3) is 0.440. The highest BCUT2D eigenvalue weighted by atomic mass is 19.4. The zero-order valence-electron chi connectivity index (χ0n) is 23.6. The van der Waals surface area contributed by atoms with E-state index in [4.69, 9.17) is 39.2 Å². The molecule has 0 radical (unpaired) electrons. The van der Waals surface area contributed by atoms with Crippen LogP contribution in [0.5, 0.6) is 0 Å². The summed E-state index contributed by atoms with van der Waals surface area (Å²) in [5.41, 5.74) is 0.453. The first-order chi connectivity index (χ1) is 21.6. The van der Waals surface area contributed by atoms with Crippen LogP contribution < -0.4 is 4.90 Å². The average molecular weight is 696 g/mol. The van der Waals surface area contributed by atoms with Crippen LogP contribution in [0.2, 0.25) is 0 Å². The minimum atomic E-state index is -5.08. The molecular formula is C25H25F9N4O9. The van der Waals surface area contributed by atoms with Crippen molar-refractivity contribution in [3.8, 4) is 0 Å². The van der Waals surface area contributed by atoms with Gasteiger partial charge in [0.2, 0.25) is 0 Å². The van der Waals surface area contributed by atoms with Crippen LogP contribution in [-0.2, 0) is 35.2 Å². The van der Waals surface area contributed by atoms with E-state index in [1.807, 2.05) is 36.4 Å². The Balaban J connectivity index is 0.000000430. The van der Waals surface area contributed by atoms with Crippen molar-refractivity contribution in [2.75, 3.05) is 44.4 Å². The third-order valence-corrected chi connectivity index (χ3v) is 5.44. The van der Waals surface area contributed by atoms with Crippen LogP contribution in [0.1, 0.15) is 5.69 Å². The van der Waals surface area contributed by atoms with E-state index in [1.165, 1.54) is 0 Å². The summed E-state index contributed by atoms with van der Waals surface area (Å²) in [7, 11) is 0. The van der Waals surface area contributed by atoms with Crippen molar-refractivity contribution in [1.29, 1.82) is 0 Å². The van der Waals surface area contributed by atoms with Crippen LogP contribution in [0.4, 0.5) is 45.3 Å². The van der Waals surface area contributed by atoms with E-state index in [0.29, 0.717) is 32.1 Å². The maximum absolute atomic E-state index is 12.4. The number of anilines is 1. The molecule has 0 saturated carbocycles. The molecule has 4 rings (SSSR count). The molecule has 2 fully saturated rings. The van der Waals surface area contributed by atoms with Crippen molar-refractivity contribution in [3.63, 3.8) is 0 Å². The second kappa shape index (κ2) is 17.4. The fourth-order valence-corrected chi connectivity index (χ4v) is 3.46. The van der Waals surface area contributed by atoms with E-state index < -0.39 is 42.0 Å². The number of halogens is 9. The Morgan fingerprint density at radius 2 is 1.28 bits per heavy atom. The van der Waals surface area contributed by atoms with Crippen molar-refractivity contribution < 1.29 is 83.5 Å². The highest BCUT2D eigenvalue weighted by Gasteiger charge is 2.44. The third-order valence-electron chi connectivity index (χ3n) is 5.44. The number of morpholine rings is 1. The number of carboxylic acid groups (broad SMARTS) is 3. The van der Waals surface area contributed by atoms with E-state index in [1.54, 1.807) is 17.3 Å². The second-order valence-electron chi connectivity index (χ2n) is 9.13. The first-order valence-electron chi connectivity index (χ1n) is 12.5. The van der Waals surface area contributed by atoms with Crippen LogP contribution in [-0.4, -0.2) is 118 Å². The minimum absolute atomic E-state index is 0.0390. The Kier molecular flexibility index (Phi) is 15.0. The van der Waals surface area contributed by atoms with E-state index >= 15 is 0 Å². The summed E-state index contributed by atoms with van der Waals surface area (Å²) in [5, 5.41) is 21.4. The van der Waals surface area contributed by atoms with Gasteiger partial charge in [-0.05, 0) is 24.3 Å². The number of carbonyl (C=O) groups is 4. The average Bonchev–Trinajstić information content (AvgIpc) is 3.16. The van der Waals surface area contributed by atoms with E-state index in [-0.39, 0.29) is 12.5 Å². The molecule has 0 aromatic carbocycles. The minimum Gasteiger partial charge on any atom is -0.475 e. The van der Waals surface area contributed by atoms with Gasteiger partial charge in [0.05, 0.1) is 25.5 Å². The molecule has 1 unspecified atom stereocenters. The largest absolute Gasteiger partial charge is 0.490 e. The number of nitrogens with zero attached hydrogens (tertiary/aromatic N) is 4. The number of hydrogen-bond donors (Lipinski definition) is 3. The number of alkyl halides is 9. The molecule has 2 aliphatic rings. The van der Waals surface area contributed by atoms with Gasteiger partial charge in [0, 0.05) is 32.0 Å². The normalized spacial score (nSPS) is 18.7. The third kappa shape index (κ3) is 15.0. The lowest BCUT2D eigenvalue weighted by molar-refractivity contribution is -0.193. The number of pyridine rings is 2. The molecule has 262 valence electrons. The van der Waals surface area contributed by atoms with Crippen LogP contribution in [0.3, 0.4) is 0 Å². The molecule has 47 heavy (non-hydrogen) atoms. The van der Waals surface area contributed by atoms with Crippen LogP contribution in [0.25, 0.3) is 0 Å². The lowest BCUT2D eigenvalue weighted by atomic mass is 10.0. The first-order valence-corrected chi connectivity index (χ1v) is 12.5. The summed E-state index contributed by atoms with van der Waals surface area (Å²) in [6, 6.07) is 11.5. The second-order valence-corrected chi connectivity index (χ2v) is 9.13. The molecule has 4 heterocycles. The molecule has 2 aromatic heterocycles. The first kappa shape index (κ1) is 40.5. The topological polar surface area (TPSA) is 180 Å². The van der Waals surface area contributed by atoms with Gasteiger partial charge in [0.1, 0.15) is 18.0 Å². The van der Waals surface area contributed by atoms with Crippen LogP contribution in [0.15, 0.2) is 48.8 Å². The lowest BCUT2D eigenvalue weighted by Gasteiger charge is -2.42. The summed E-state index contributed by atoms with van der Waals surface area (Å²) < 4.78 is 107. The SMILES string of the molecule is O=C(O)C(F)(F)F.O=C(O)C(F)(F)F.O=C(O)C(F)(F)F.O=C1COC2(COCCN(Cc3ccccn3)C2)CN1c1ccccn1. The zero-order valence-corrected chi connectivity index (χ0v) is 23.6. The maximum atomic E-state index is 12.4. The summed E-state index contributed by atoms with van der Waals surface area (Å²) in [5.74, 6) is -7.69. The zero-order chi connectivity index (χ0) is 36.1. The fourth-order valence-electron chi connectivity index (χ4n) is 3.46. The van der Waals surface area contributed by atoms with Gasteiger partial charge >= 0.3 is 36.4 Å². The molecule has 3 N–H and O–H groups in total. The monoisotopic (exact) mass is 696 g/mol. The molecule has 22 heteroatoms. The van der Waals surface area contributed by atoms with Gasteiger partial charge in [-0.3, -0.25) is 19.6 Å². The Morgan fingerprint density at radius 3 is 1.70 bits per heavy atom. The Bertz CT molecular complexity index is 1260. The van der Waals surface area contributed by atoms with Gasteiger partial charge in [-0.1, -0.05) is 12.1 Å². The predicted octanol–water partition coefficient (Wildman–Crippen LogP) is 3.01. The smallest absolute Gasteiger partial charge is 0.475 e. The summed E-state index contributed by atoms with van der Waals surface area (Å²) in [4.78, 5) is 51.8. The van der Waals surface area contributed by atoms with Gasteiger partial charge < -0.3 is 24.8 Å². The van der Waals surface area contributed by atoms with Gasteiger partial charge in [-0.2, -0.15) is 39.5 Å². The molecule has 13 nitrogen and oxygen atoms in total.